The fraction of sp³-hybridized carbons (Fsp3) is 0.188. The molecule has 1 fully saturated rings. The number of nitrogens with zero attached hydrogens (tertiary/aromatic N) is 1. The molecule has 1 aliphatic heterocycles. The van der Waals surface area contributed by atoms with Gasteiger partial charge in [-0.3, -0.25) is 4.79 Å². The van der Waals surface area contributed by atoms with Crippen LogP contribution in [0.5, 0.6) is 0 Å². The Morgan fingerprint density at radius 2 is 1.83 bits per heavy atom. The number of rotatable bonds is 2. The van der Waals surface area contributed by atoms with Crippen molar-refractivity contribution < 1.29 is 17.6 Å². The molecule has 1 saturated heterocycles. The predicted molar refractivity (Wildman–Crippen MR) is 87.6 cm³/mol. The van der Waals surface area contributed by atoms with Gasteiger partial charge < -0.3 is 9.32 Å². The minimum atomic E-state index is -3.73. The Bertz CT molecular complexity index is 1040. The first-order valence-electron chi connectivity index (χ1n) is 7.17. The number of para-hydroxylation sites is 1. The number of nitrogens with two attached hydrogens (primary N) is 1. The van der Waals surface area contributed by atoms with Crippen LogP contribution in [-0.4, -0.2) is 26.1 Å². The molecule has 0 spiro atoms. The molecule has 6 nitrogen and oxygen atoms in total. The summed E-state index contributed by atoms with van der Waals surface area (Å²) in [6, 6.07) is 13.1. The third-order valence-corrected chi connectivity index (χ3v) is 5.47. The summed E-state index contributed by atoms with van der Waals surface area (Å²) in [4.78, 5) is 13.6. The first-order valence-corrected chi connectivity index (χ1v) is 8.78. The number of fused-ring (bicyclic) bond motifs is 3. The quantitative estimate of drug-likeness (QED) is 0.777. The van der Waals surface area contributed by atoms with Crippen molar-refractivity contribution in [2.45, 2.75) is 11.7 Å². The van der Waals surface area contributed by atoms with Gasteiger partial charge in [0.15, 0.2) is 0 Å². The van der Waals surface area contributed by atoms with Gasteiger partial charge in [-0.25, -0.2) is 13.6 Å². The van der Waals surface area contributed by atoms with Crippen LogP contribution in [0.15, 0.2) is 46.9 Å². The Hall–Kier alpha value is -2.38. The lowest BCUT2D eigenvalue weighted by Gasteiger charge is -2.16. The number of primary sulfonamides is 1. The van der Waals surface area contributed by atoms with Crippen molar-refractivity contribution in [3.63, 3.8) is 0 Å². The first kappa shape index (κ1) is 14.2. The van der Waals surface area contributed by atoms with Crippen LogP contribution in [0, 0.1) is 0 Å². The smallest absolute Gasteiger partial charge is 0.228 e. The molecule has 3 aromatic rings. The highest BCUT2D eigenvalue weighted by atomic mass is 32.2. The zero-order valence-corrected chi connectivity index (χ0v) is 12.9. The van der Waals surface area contributed by atoms with Gasteiger partial charge in [0, 0.05) is 35.5 Å². The largest absolute Gasteiger partial charge is 0.456 e. The molecule has 0 saturated carbocycles. The van der Waals surface area contributed by atoms with E-state index in [1.165, 1.54) is 4.90 Å². The van der Waals surface area contributed by atoms with Crippen LogP contribution in [0.1, 0.15) is 6.42 Å². The van der Waals surface area contributed by atoms with E-state index in [4.69, 9.17) is 9.56 Å². The van der Waals surface area contributed by atoms with Crippen molar-refractivity contribution in [1.29, 1.82) is 0 Å². The lowest BCUT2D eigenvalue weighted by Crippen LogP contribution is -2.32. The second kappa shape index (κ2) is 4.81. The first-order chi connectivity index (χ1) is 10.9. The van der Waals surface area contributed by atoms with Gasteiger partial charge >= 0.3 is 0 Å². The van der Waals surface area contributed by atoms with Gasteiger partial charge in [0.1, 0.15) is 16.4 Å². The monoisotopic (exact) mass is 330 g/mol. The third kappa shape index (κ3) is 2.29. The van der Waals surface area contributed by atoms with Gasteiger partial charge in [-0.05, 0) is 18.2 Å². The third-order valence-electron chi connectivity index (χ3n) is 4.23. The van der Waals surface area contributed by atoms with Crippen molar-refractivity contribution in [2.75, 3.05) is 11.4 Å². The van der Waals surface area contributed by atoms with Gasteiger partial charge in [0.2, 0.25) is 15.9 Å². The molecule has 0 bridgehead atoms. The van der Waals surface area contributed by atoms with Gasteiger partial charge in [0.25, 0.3) is 0 Å². The Morgan fingerprint density at radius 1 is 1.09 bits per heavy atom. The van der Waals surface area contributed by atoms with Crippen LogP contribution in [0.2, 0.25) is 0 Å². The number of hydrogen-bond acceptors (Lipinski definition) is 4. The van der Waals surface area contributed by atoms with Crippen molar-refractivity contribution in [3.8, 4) is 0 Å². The molecule has 118 valence electrons. The van der Waals surface area contributed by atoms with E-state index in [2.05, 4.69) is 0 Å². The van der Waals surface area contributed by atoms with E-state index in [1.807, 2.05) is 30.3 Å². The summed E-state index contributed by atoms with van der Waals surface area (Å²) in [6.45, 7) is 0.0728. The molecule has 0 radical (unpaired) electrons. The highest BCUT2D eigenvalue weighted by molar-refractivity contribution is 7.89. The molecule has 1 aromatic heterocycles. The SMILES string of the molecule is NS(=O)(=O)C1CC(=O)N(c2ccc3c(c2)oc2ccccc23)C1. The van der Waals surface area contributed by atoms with Gasteiger partial charge in [0.05, 0.1) is 0 Å². The van der Waals surface area contributed by atoms with Gasteiger partial charge in [-0.1, -0.05) is 18.2 Å². The summed E-state index contributed by atoms with van der Waals surface area (Å²) in [6.07, 6.45) is -0.0863. The van der Waals surface area contributed by atoms with E-state index in [-0.39, 0.29) is 18.9 Å². The van der Waals surface area contributed by atoms with E-state index in [9.17, 15) is 13.2 Å². The molecule has 7 heteroatoms. The highest BCUT2D eigenvalue weighted by Gasteiger charge is 2.37. The molecule has 2 N–H and O–H groups in total. The number of benzene rings is 2. The second-order valence-corrected chi connectivity index (χ2v) is 7.54. The normalized spacial score (nSPS) is 19.1. The Morgan fingerprint density at radius 3 is 2.57 bits per heavy atom. The molecule has 1 amide bonds. The number of amides is 1. The topological polar surface area (TPSA) is 93.6 Å². The summed E-state index contributed by atoms with van der Waals surface area (Å²) in [5, 5.41) is 6.26. The summed E-state index contributed by atoms with van der Waals surface area (Å²) in [5.74, 6) is -0.250. The molecular weight excluding hydrogens is 316 g/mol. The minimum absolute atomic E-state index is 0.0728. The van der Waals surface area contributed by atoms with Crippen molar-refractivity contribution in [2.24, 2.45) is 5.14 Å². The maximum absolute atomic E-state index is 12.1. The van der Waals surface area contributed by atoms with Crippen LogP contribution in [0.4, 0.5) is 5.69 Å². The van der Waals surface area contributed by atoms with E-state index < -0.39 is 15.3 Å². The lowest BCUT2D eigenvalue weighted by molar-refractivity contribution is -0.117. The van der Waals surface area contributed by atoms with Crippen LogP contribution < -0.4 is 10.0 Å². The Labute approximate surface area is 132 Å². The number of sulfonamides is 1. The molecule has 23 heavy (non-hydrogen) atoms. The average molecular weight is 330 g/mol. The molecule has 4 rings (SSSR count). The van der Waals surface area contributed by atoms with Crippen LogP contribution in [0.25, 0.3) is 21.9 Å². The summed E-state index contributed by atoms with van der Waals surface area (Å²) in [7, 11) is -3.73. The maximum Gasteiger partial charge on any atom is 0.228 e. The van der Waals surface area contributed by atoms with E-state index in [1.54, 1.807) is 12.1 Å². The fourth-order valence-corrected chi connectivity index (χ4v) is 3.76. The van der Waals surface area contributed by atoms with Gasteiger partial charge in [-0.15, -0.1) is 0 Å². The van der Waals surface area contributed by atoms with Gasteiger partial charge in [-0.2, -0.15) is 0 Å². The predicted octanol–water partition coefficient (Wildman–Crippen LogP) is 1.98. The summed E-state index contributed by atoms with van der Waals surface area (Å²) < 4.78 is 28.7. The van der Waals surface area contributed by atoms with Crippen LogP contribution >= 0.6 is 0 Å². The molecule has 1 atom stereocenters. The molecule has 1 unspecified atom stereocenters. The van der Waals surface area contributed by atoms with Crippen molar-refractivity contribution in [3.05, 3.63) is 42.5 Å². The highest BCUT2D eigenvalue weighted by Crippen LogP contribution is 2.33. The Kier molecular flexibility index (Phi) is 2.97. The number of anilines is 1. The molecular formula is C16H14N2O4S. The zero-order chi connectivity index (χ0) is 16.2. The van der Waals surface area contributed by atoms with E-state index in [0.717, 1.165) is 16.4 Å². The van der Waals surface area contributed by atoms with Crippen molar-refractivity contribution in [1.82, 2.24) is 0 Å². The second-order valence-electron chi connectivity index (χ2n) is 5.70. The average Bonchev–Trinajstić information content (AvgIpc) is 3.06. The standard InChI is InChI=1S/C16H14N2O4S/c17-23(20,21)11-8-16(19)18(9-11)10-5-6-13-12-3-1-2-4-14(12)22-15(13)7-10/h1-7,11H,8-9H2,(H2,17,20,21). The summed E-state index contributed by atoms with van der Waals surface area (Å²) >= 11 is 0. The zero-order valence-electron chi connectivity index (χ0n) is 12.1. The number of carbonyl (C=O) groups excluding carboxylic acids is 1. The van der Waals surface area contributed by atoms with E-state index >= 15 is 0 Å². The number of hydrogen-bond donors (Lipinski definition) is 1. The summed E-state index contributed by atoms with van der Waals surface area (Å²) in [5.41, 5.74) is 2.05. The maximum atomic E-state index is 12.1. The fourth-order valence-electron chi connectivity index (χ4n) is 3.03. The minimum Gasteiger partial charge on any atom is -0.456 e. The molecule has 1 aliphatic rings. The van der Waals surface area contributed by atoms with Crippen LogP contribution in [-0.2, 0) is 14.8 Å². The number of carbonyl (C=O) groups is 1. The Balaban J connectivity index is 1.78. The molecule has 2 heterocycles. The molecule has 2 aromatic carbocycles. The van der Waals surface area contributed by atoms with E-state index in [0.29, 0.717) is 11.3 Å². The number of furan rings is 1. The molecule has 0 aliphatic carbocycles. The van der Waals surface area contributed by atoms with Crippen molar-refractivity contribution >= 4 is 43.6 Å². The van der Waals surface area contributed by atoms with Crippen LogP contribution in [0.3, 0.4) is 0 Å². The lowest BCUT2D eigenvalue weighted by atomic mass is 10.1.